The Hall–Kier alpha value is -1.06. The van der Waals surface area contributed by atoms with E-state index in [0.29, 0.717) is 17.8 Å². The number of nitrogens with zero attached hydrogens (tertiary/aromatic N) is 2. The van der Waals surface area contributed by atoms with Gasteiger partial charge in [0.1, 0.15) is 11.5 Å². The molecule has 2 rings (SSSR count). The molecule has 0 N–H and O–H groups in total. The van der Waals surface area contributed by atoms with Gasteiger partial charge in [-0.25, -0.2) is 9.97 Å². The molecule has 1 aromatic heterocycles. The minimum Gasteiger partial charge on any atom is -0.241 e. The monoisotopic (exact) mass is 170 g/mol. The third-order valence-corrected chi connectivity index (χ3v) is 2.04. The maximum Gasteiger partial charge on any atom is 0.290 e. The number of alkyl halides is 2. The molecule has 0 radical (unpaired) electrons. The van der Waals surface area contributed by atoms with E-state index in [9.17, 15) is 8.78 Å². The van der Waals surface area contributed by atoms with Crippen LogP contribution in [0.25, 0.3) is 0 Å². The largest absolute Gasteiger partial charge is 0.290 e. The van der Waals surface area contributed by atoms with E-state index in [1.807, 2.05) is 0 Å². The fourth-order valence-corrected chi connectivity index (χ4v) is 1.40. The lowest BCUT2D eigenvalue weighted by Crippen LogP contribution is -2.10. The molecule has 1 aliphatic carbocycles. The van der Waals surface area contributed by atoms with Gasteiger partial charge < -0.3 is 0 Å². The summed E-state index contributed by atoms with van der Waals surface area (Å²) in [4.78, 5) is 7.62. The average molecular weight is 170 g/mol. The van der Waals surface area contributed by atoms with Gasteiger partial charge in [0.2, 0.25) is 0 Å². The average Bonchev–Trinajstić information content (AvgIpc) is 2.28. The van der Waals surface area contributed by atoms with Crippen LogP contribution >= 0.6 is 0 Å². The summed E-state index contributed by atoms with van der Waals surface area (Å²) in [6.07, 6.45) is 1.77. The predicted octanol–water partition coefficient (Wildman–Crippen LogP) is 1.82. The SMILES string of the molecule is Cc1ncc2c(n1)C(F)(F)CC2. The van der Waals surface area contributed by atoms with Crippen molar-refractivity contribution in [3.63, 3.8) is 0 Å². The molecule has 0 atom stereocenters. The molecule has 0 spiro atoms. The van der Waals surface area contributed by atoms with Crippen LogP contribution in [0.4, 0.5) is 8.78 Å². The van der Waals surface area contributed by atoms with Crippen LogP contribution in [-0.4, -0.2) is 9.97 Å². The third-order valence-electron chi connectivity index (χ3n) is 2.04. The zero-order valence-corrected chi connectivity index (χ0v) is 6.64. The Kier molecular flexibility index (Phi) is 1.40. The molecule has 0 aliphatic heterocycles. The van der Waals surface area contributed by atoms with Crippen molar-refractivity contribution in [1.29, 1.82) is 0 Å². The lowest BCUT2D eigenvalue weighted by Gasteiger charge is -2.07. The number of aryl methyl sites for hydroxylation is 2. The first-order valence-corrected chi connectivity index (χ1v) is 3.80. The van der Waals surface area contributed by atoms with E-state index in [1.54, 1.807) is 6.92 Å². The summed E-state index contributed by atoms with van der Waals surface area (Å²) >= 11 is 0. The molecular formula is C8H8F2N2. The van der Waals surface area contributed by atoms with Crippen LogP contribution in [0.1, 0.15) is 23.5 Å². The molecule has 0 aromatic carbocycles. The van der Waals surface area contributed by atoms with Crippen molar-refractivity contribution < 1.29 is 8.78 Å². The number of aromatic nitrogens is 2. The summed E-state index contributed by atoms with van der Waals surface area (Å²) in [7, 11) is 0. The lowest BCUT2D eigenvalue weighted by molar-refractivity contribution is -0.00613. The molecule has 0 saturated heterocycles. The minimum atomic E-state index is -2.73. The number of fused-ring (bicyclic) bond motifs is 1. The molecule has 0 fully saturated rings. The second-order valence-electron chi connectivity index (χ2n) is 3.00. The first-order valence-electron chi connectivity index (χ1n) is 3.80. The van der Waals surface area contributed by atoms with Gasteiger partial charge in [0.15, 0.2) is 0 Å². The summed E-state index contributed by atoms with van der Waals surface area (Å²) in [5, 5.41) is 0. The number of halogens is 2. The molecule has 4 heteroatoms. The normalized spacial score (nSPS) is 19.2. The molecule has 1 heterocycles. The Morgan fingerprint density at radius 1 is 1.50 bits per heavy atom. The molecule has 0 bridgehead atoms. The second-order valence-corrected chi connectivity index (χ2v) is 3.00. The van der Waals surface area contributed by atoms with E-state index in [4.69, 9.17) is 0 Å². The fraction of sp³-hybridized carbons (Fsp3) is 0.500. The Balaban J connectivity index is 2.57. The maximum absolute atomic E-state index is 13.0. The van der Waals surface area contributed by atoms with E-state index in [0.717, 1.165) is 0 Å². The molecule has 1 aromatic rings. The zero-order chi connectivity index (χ0) is 8.77. The van der Waals surface area contributed by atoms with E-state index in [2.05, 4.69) is 9.97 Å². The Morgan fingerprint density at radius 2 is 2.25 bits per heavy atom. The first-order chi connectivity index (χ1) is 5.59. The summed E-state index contributed by atoms with van der Waals surface area (Å²) in [5.41, 5.74) is 0.514. The molecule has 12 heavy (non-hydrogen) atoms. The van der Waals surface area contributed by atoms with Crippen molar-refractivity contribution >= 4 is 0 Å². The predicted molar refractivity (Wildman–Crippen MR) is 39.0 cm³/mol. The van der Waals surface area contributed by atoms with Crippen LogP contribution < -0.4 is 0 Å². The van der Waals surface area contributed by atoms with Crippen molar-refractivity contribution in [2.75, 3.05) is 0 Å². The Bertz CT molecular complexity index is 323. The third kappa shape index (κ3) is 0.983. The maximum atomic E-state index is 13.0. The summed E-state index contributed by atoms with van der Waals surface area (Å²) < 4.78 is 26.1. The molecule has 64 valence electrons. The van der Waals surface area contributed by atoms with Crippen molar-refractivity contribution in [3.8, 4) is 0 Å². The van der Waals surface area contributed by atoms with Crippen LogP contribution in [-0.2, 0) is 12.3 Å². The van der Waals surface area contributed by atoms with E-state index < -0.39 is 5.92 Å². The number of hydrogen-bond donors (Lipinski definition) is 0. The van der Waals surface area contributed by atoms with Gasteiger partial charge in [-0.2, -0.15) is 8.78 Å². The Morgan fingerprint density at radius 3 is 3.00 bits per heavy atom. The number of rotatable bonds is 0. The summed E-state index contributed by atoms with van der Waals surface area (Å²) in [6, 6.07) is 0. The van der Waals surface area contributed by atoms with Crippen molar-refractivity contribution in [2.45, 2.75) is 25.7 Å². The summed E-state index contributed by atoms with van der Waals surface area (Å²) in [6.45, 7) is 1.62. The lowest BCUT2D eigenvalue weighted by atomic mass is 10.2. The molecule has 0 amide bonds. The van der Waals surface area contributed by atoms with Crippen molar-refractivity contribution in [2.24, 2.45) is 0 Å². The quantitative estimate of drug-likeness (QED) is 0.593. The van der Waals surface area contributed by atoms with Gasteiger partial charge in [-0.15, -0.1) is 0 Å². The molecule has 0 saturated carbocycles. The Labute approximate surface area is 68.7 Å². The topological polar surface area (TPSA) is 25.8 Å². The van der Waals surface area contributed by atoms with Crippen LogP contribution in [0.15, 0.2) is 6.20 Å². The number of hydrogen-bond acceptors (Lipinski definition) is 2. The highest BCUT2D eigenvalue weighted by Crippen LogP contribution is 2.39. The van der Waals surface area contributed by atoms with Gasteiger partial charge >= 0.3 is 0 Å². The van der Waals surface area contributed by atoms with Crippen molar-refractivity contribution in [3.05, 3.63) is 23.3 Å². The molecular weight excluding hydrogens is 162 g/mol. The highest BCUT2D eigenvalue weighted by atomic mass is 19.3. The van der Waals surface area contributed by atoms with E-state index in [1.165, 1.54) is 6.20 Å². The fourth-order valence-electron chi connectivity index (χ4n) is 1.40. The van der Waals surface area contributed by atoms with Crippen molar-refractivity contribution in [1.82, 2.24) is 9.97 Å². The van der Waals surface area contributed by atoms with Crippen LogP contribution in [0.2, 0.25) is 0 Å². The van der Waals surface area contributed by atoms with Crippen LogP contribution in [0, 0.1) is 6.92 Å². The van der Waals surface area contributed by atoms with E-state index >= 15 is 0 Å². The van der Waals surface area contributed by atoms with Gasteiger partial charge in [-0.1, -0.05) is 0 Å². The zero-order valence-electron chi connectivity index (χ0n) is 6.64. The van der Waals surface area contributed by atoms with Gasteiger partial charge in [0.05, 0.1) is 0 Å². The smallest absolute Gasteiger partial charge is 0.241 e. The highest BCUT2D eigenvalue weighted by Gasteiger charge is 2.40. The van der Waals surface area contributed by atoms with Gasteiger partial charge in [0, 0.05) is 12.6 Å². The van der Waals surface area contributed by atoms with Gasteiger partial charge in [-0.3, -0.25) is 0 Å². The second kappa shape index (κ2) is 2.21. The standard InChI is InChI=1S/C8H8F2N2/c1-5-11-4-6-2-3-8(9,10)7(6)12-5/h4H,2-3H2,1H3. The van der Waals surface area contributed by atoms with Crippen LogP contribution in [0.5, 0.6) is 0 Å². The first kappa shape index (κ1) is 7.58. The van der Waals surface area contributed by atoms with Gasteiger partial charge in [0.25, 0.3) is 5.92 Å². The van der Waals surface area contributed by atoms with E-state index in [-0.39, 0.29) is 12.1 Å². The van der Waals surface area contributed by atoms with Crippen LogP contribution in [0.3, 0.4) is 0 Å². The van der Waals surface area contributed by atoms with Gasteiger partial charge in [-0.05, 0) is 18.9 Å². The molecule has 0 unspecified atom stereocenters. The molecule has 2 nitrogen and oxygen atoms in total. The molecule has 1 aliphatic rings. The highest BCUT2D eigenvalue weighted by molar-refractivity contribution is 5.27. The minimum absolute atomic E-state index is 0.0741. The summed E-state index contributed by atoms with van der Waals surface area (Å²) in [5.74, 6) is -2.32.